The first-order chi connectivity index (χ1) is 11.2. The van der Waals surface area contributed by atoms with Gasteiger partial charge in [-0.05, 0) is 69.5 Å². The highest BCUT2D eigenvalue weighted by atomic mass is 19.1. The summed E-state index contributed by atoms with van der Waals surface area (Å²) >= 11 is 0. The van der Waals surface area contributed by atoms with Crippen molar-refractivity contribution in [2.24, 2.45) is 0 Å². The van der Waals surface area contributed by atoms with E-state index in [1.807, 2.05) is 0 Å². The molecule has 3 atom stereocenters. The molecule has 1 aromatic carbocycles. The third-order valence-electron chi connectivity index (χ3n) is 5.22. The standard InChI is InChI=1S/C19H28FNO2/c20-15-9-11-16(12-10-15)23-18-8-6-7-17(19(18)22)21-13-4-2-1-3-5-14-21/h9-12,17-19,22H,1-8,13-14H2/t17-,18+,19+/m0/s1. The Morgan fingerprint density at radius 1 is 0.913 bits per heavy atom. The summed E-state index contributed by atoms with van der Waals surface area (Å²) in [5.74, 6) is 0.379. The van der Waals surface area contributed by atoms with E-state index in [0.29, 0.717) is 5.75 Å². The second-order valence-electron chi connectivity index (χ2n) is 6.90. The van der Waals surface area contributed by atoms with Crippen LogP contribution in [0.1, 0.15) is 51.4 Å². The van der Waals surface area contributed by atoms with Crippen LogP contribution in [0.2, 0.25) is 0 Å². The number of likely N-dealkylation sites (tertiary alicyclic amines) is 1. The second kappa shape index (κ2) is 8.11. The van der Waals surface area contributed by atoms with Gasteiger partial charge in [0.15, 0.2) is 0 Å². The summed E-state index contributed by atoms with van der Waals surface area (Å²) in [6.07, 6.45) is 8.73. The number of hydrogen-bond donors (Lipinski definition) is 1. The van der Waals surface area contributed by atoms with Crippen LogP contribution < -0.4 is 4.74 Å². The van der Waals surface area contributed by atoms with Crippen LogP contribution in [0.5, 0.6) is 5.75 Å². The van der Waals surface area contributed by atoms with Gasteiger partial charge in [0.25, 0.3) is 0 Å². The van der Waals surface area contributed by atoms with E-state index in [9.17, 15) is 9.50 Å². The smallest absolute Gasteiger partial charge is 0.126 e. The zero-order valence-electron chi connectivity index (χ0n) is 13.8. The number of rotatable bonds is 3. The van der Waals surface area contributed by atoms with E-state index in [-0.39, 0.29) is 18.0 Å². The van der Waals surface area contributed by atoms with Crippen molar-refractivity contribution in [3.05, 3.63) is 30.1 Å². The Balaban J connectivity index is 1.62. The van der Waals surface area contributed by atoms with Gasteiger partial charge >= 0.3 is 0 Å². The van der Waals surface area contributed by atoms with Gasteiger partial charge < -0.3 is 9.84 Å². The summed E-state index contributed by atoms with van der Waals surface area (Å²) in [6.45, 7) is 2.18. The van der Waals surface area contributed by atoms with Crippen molar-refractivity contribution < 1.29 is 14.2 Å². The number of halogens is 1. The highest BCUT2D eigenvalue weighted by Gasteiger charge is 2.36. The minimum Gasteiger partial charge on any atom is -0.488 e. The van der Waals surface area contributed by atoms with Crippen molar-refractivity contribution in [2.75, 3.05) is 13.1 Å². The topological polar surface area (TPSA) is 32.7 Å². The van der Waals surface area contributed by atoms with E-state index in [1.165, 1.54) is 44.2 Å². The quantitative estimate of drug-likeness (QED) is 0.920. The number of aliphatic hydroxyl groups excluding tert-OH is 1. The van der Waals surface area contributed by atoms with Gasteiger partial charge in [-0.25, -0.2) is 4.39 Å². The van der Waals surface area contributed by atoms with Gasteiger partial charge in [0.2, 0.25) is 0 Å². The molecule has 0 unspecified atom stereocenters. The average Bonchev–Trinajstić information content (AvgIpc) is 2.52. The van der Waals surface area contributed by atoms with E-state index in [0.717, 1.165) is 32.4 Å². The fraction of sp³-hybridized carbons (Fsp3) is 0.684. The van der Waals surface area contributed by atoms with Crippen LogP contribution in [0.15, 0.2) is 24.3 Å². The van der Waals surface area contributed by atoms with E-state index in [4.69, 9.17) is 4.74 Å². The molecule has 23 heavy (non-hydrogen) atoms. The SMILES string of the molecule is O[C@H]1[C@H](Oc2ccc(F)cc2)CCC[C@@H]1N1CCCCCCC1. The minimum atomic E-state index is -0.465. The average molecular weight is 321 g/mol. The highest BCUT2D eigenvalue weighted by Crippen LogP contribution is 2.28. The molecule has 128 valence electrons. The van der Waals surface area contributed by atoms with Gasteiger partial charge in [0.1, 0.15) is 23.8 Å². The first kappa shape index (κ1) is 16.7. The Hall–Kier alpha value is -1.13. The maximum absolute atomic E-state index is 13.0. The molecule has 0 radical (unpaired) electrons. The van der Waals surface area contributed by atoms with Crippen LogP contribution in [0, 0.1) is 5.82 Å². The lowest BCUT2D eigenvalue weighted by molar-refractivity contribution is -0.0550. The fourth-order valence-electron chi connectivity index (χ4n) is 3.94. The lowest BCUT2D eigenvalue weighted by Crippen LogP contribution is -2.53. The third kappa shape index (κ3) is 4.45. The maximum Gasteiger partial charge on any atom is 0.126 e. The van der Waals surface area contributed by atoms with Gasteiger partial charge in [0.05, 0.1) is 0 Å². The van der Waals surface area contributed by atoms with Crippen LogP contribution in [-0.2, 0) is 0 Å². The molecule has 1 saturated heterocycles. The number of hydrogen-bond acceptors (Lipinski definition) is 3. The Morgan fingerprint density at radius 2 is 1.57 bits per heavy atom. The van der Waals surface area contributed by atoms with Crippen molar-refractivity contribution in [2.45, 2.75) is 69.6 Å². The van der Waals surface area contributed by atoms with E-state index >= 15 is 0 Å². The van der Waals surface area contributed by atoms with Crippen molar-refractivity contribution in [3.63, 3.8) is 0 Å². The molecule has 1 saturated carbocycles. The zero-order valence-corrected chi connectivity index (χ0v) is 13.8. The first-order valence-corrected chi connectivity index (χ1v) is 9.08. The zero-order chi connectivity index (χ0) is 16.1. The lowest BCUT2D eigenvalue weighted by atomic mass is 9.88. The van der Waals surface area contributed by atoms with Crippen LogP contribution in [0.4, 0.5) is 4.39 Å². The molecule has 3 nitrogen and oxygen atoms in total. The van der Waals surface area contributed by atoms with Gasteiger partial charge in [0, 0.05) is 6.04 Å². The molecular formula is C19H28FNO2. The van der Waals surface area contributed by atoms with Gasteiger partial charge in [-0.3, -0.25) is 4.90 Å². The third-order valence-corrected chi connectivity index (χ3v) is 5.22. The largest absolute Gasteiger partial charge is 0.488 e. The monoisotopic (exact) mass is 321 g/mol. The fourth-order valence-corrected chi connectivity index (χ4v) is 3.94. The highest BCUT2D eigenvalue weighted by molar-refractivity contribution is 5.22. The Labute approximate surface area is 138 Å². The van der Waals surface area contributed by atoms with E-state index < -0.39 is 6.10 Å². The minimum absolute atomic E-state index is 0.190. The van der Waals surface area contributed by atoms with E-state index in [1.54, 1.807) is 12.1 Å². The molecule has 2 aliphatic rings. The van der Waals surface area contributed by atoms with Crippen LogP contribution in [0.3, 0.4) is 0 Å². The molecule has 3 rings (SSSR count). The molecule has 1 aliphatic heterocycles. The second-order valence-corrected chi connectivity index (χ2v) is 6.90. The molecule has 0 spiro atoms. The normalized spacial score (nSPS) is 30.4. The molecular weight excluding hydrogens is 293 g/mol. The molecule has 0 amide bonds. The van der Waals surface area contributed by atoms with Crippen molar-refractivity contribution in [1.29, 1.82) is 0 Å². The number of aliphatic hydroxyl groups is 1. The Bertz CT molecular complexity index is 471. The summed E-state index contributed by atoms with van der Waals surface area (Å²) in [5.41, 5.74) is 0. The predicted octanol–water partition coefficient (Wildman–Crippen LogP) is 3.75. The van der Waals surface area contributed by atoms with Crippen LogP contribution in [-0.4, -0.2) is 41.3 Å². The van der Waals surface area contributed by atoms with Crippen molar-refractivity contribution >= 4 is 0 Å². The summed E-state index contributed by atoms with van der Waals surface area (Å²) in [4.78, 5) is 2.48. The molecule has 0 bridgehead atoms. The first-order valence-electron chi connectivity index (χ1n) is 9.08. The summed E-state index contributed by atoms with van der Waals surface area (Å²) < 4.78 is 19.0. The summed E-state index contributed by atoms with van der Waals surface area (Å²) in [6, 6.07) is 6.29. The molecule has 1 heterocycles. The number of ether oxygens (including phenoxy) is 1. The van der Waals surface area contributed by atoms with Crippen molar-refractivity contribution in [1.82, 2.24) is 4.90 Å². The molecule has 4 heteroatoms. The summed E-state index contributed by atoms with van der Waals surface area (Å²) in [7, 11) is 0. The number of benzene rings is 1. The Kier molecular flexibility index (Phi) is 5.90. The molecule has 1 aromatic rings. The molecule has 2 fully saturated rings. The van der Waals surface area contributed by atoms with Gasteiger partial charge in [-0.15, -0.1) is 0 Å². The molecule has 1 aliphatic carbocycles. The maximum atomic E-state index is 13.0. The number of nitrogens with zero attached hydrogens (tertiary/aromatic N) is 1. The Morgan fingerprint density at radius 3 is 2.26 bits per heavy atom. The van der Waals surface area contributed by atoms with Crippen molar-refractivity contribution in [3.8, 4) is 5.75 Å². The van der Waals surface area contributed by atoms with Gasteiger partial charge in [-0.2, -0.15) is 0 Å². The molecule has 0 aromatic heterocycles. The van der Waals surface area contributed by atoms with Crippen LogP contribution >= 0.6 is 0 Å². The van der Waals surface area contributed by atoms with Gasteiger partial charge in [-0.1, -0.05) is 19.3 Å². The summed E-state index contributed by atoms with van der Waals surface area (Å²) in [5, 5.41) is 10.8. The van der Waals surface area contributed by atoms with Crippen LogP contribution in [0.25, 0.3) is 0 Å². The lowest BCUT2D eigenvalue weighted by Gasteiger charge is -2.42. The predicted molar refractivity (Wildman–Crippen MR) is 89.1 cm³/mol. The molecule has 1 N–H and O–H groups in total. The van der Waals surface area contributed by atoms with E-state index in [2.05, 4.69) is 4.90 Å².